The molecule has 0 amide bonds. The minimum absolute atomic E-state index is 0.561. The van der Waals surface area contributed by atoms with Crippen molar-refractivity contribution in [3.05, 3.63) is 26.6 Å². The highest BCUT2D eigenvalue weighted by atomic mass is 79.9. The van der Waals surface area contributed by atoms with Gasteiger partial charge in [0.05, 0.1) is 15.6 Å². The van der Waals surface area contributed by atoms with Crippen LogP contribution in [0.25, 0.3) is 0 Å². The average molecular weight is 407 g/mol. The fraction of sp³-hybridized carbons (Fsp3) is 0.625. The third-order valence-electron chi connectivity index (χ3n) is 3.24. The van der Waals surface area contributed by atoms with Gasteiger partial charge in [0.1, 0.15) is 5.75 Å². The molecule has 0 fully saturated rings. The molecule has 0 aliphatic rings. The summed E-state index contributed by atoms with van der Waals surface area (Å²) in [5.41, 5.74) is 1.26. The molecule has 0 aromatic heterocycles. The Kier molecular flexibility index (Phi) is 8.82. The largest absolute Gasteiger partial charge is 0.492 e. The zero-order valence-corrected chi connectivity index (χ0v) is 15.8. The highest BCUT2D eigenvalue weighted by molar-refractivity contribution is 9.11. The number of nitrogens with one attached hydrogen (secondary N) is 1. The lowest BCUT2D eigenvalue weighted by Crippen LogP contribution is -2.25. The summed E-state index contributed by atoms with van der Waals surface area (Å²) in [6, 6.07) is 4.81. The van der Waals surface area contributed by atoms with E-state index in [2.05, 4.69) is 63.2 Å². The molecule has 0 heterocycles. The molecule has 1 aromatic rings. The first-order valence-electron chi connectivity index (χ1n) is 7.42. The quantitative estimate of drug-likeness (QED) is 0.533. The van der Waals surface area contributed by atoms with Crippen LogP contribution in [0.15, 0.2) is 21.1 Å². The molecule has 0 saturated carbocycles. The summed E-state index contributed by atoms with van der Waals surface area (Å²) < 4.78 is 7.61. The van der Waals surface area contributed by atoms with E-state index < -0.39 is 0 Å². The smallest absolute Gasteiger partial charge is 0.147 e. The van der Waals surface area contributed by atoms with E-state index in [0.717, 1.165) is 21.2 Å². The highest BCUT2D eigenvalue weighted by Gasteiger charge is 2.09. The second kappa shape index (κ2) is 9.80. The maximum atomic E-state index is 5.60. The van der Waals surface area contributed by atoms with Gasteiger partial charge in [0.25, 0.3) is 0 Å². The Morgan fingerprint density at radius 2 is 1.80 bits per heavy atom. The van der Waals surface area contributed by atoms with Crippen LogP contribution in [-0.4, -0.2) is 12.6 Å². The molecular formula is C16H25Br2NO. The molecule has 4 heteroatoms. The van der Waals surface area contributed by atoms with Gasteiger partial charge in [-0.25, -0.2) is 0 Å². The van der Waals surface area contributed by atoms with Gasteiger partial charge in [-0.15, -0.1) is 0 Å². The Bertz CT molecular complexity index is 386. The van der Waals surface area contributed by atoms with Crippen molar-refractivity contribution in [2.75, 3.05) is 6.61 Å². The standard InChI is InChI=1S/C16H25Br2NO/c1-4-6-7-8-12(3)19-11-13-9-14(17)16(20-5-2)15(18)10-13/h9-10,12,19H,4-8,11H2,1-3H3. The number of hydrogen-bond donors (Lipinski definition) is 1. The second-order valence-corrected chi connectivity index (χ2v) is 6.81. The van der Waals surface area contributed by atoms with Crippen molar-refractivity contribution >= 4 is 31.9 Å². The first-order valence-corrected chi connectivity index (χ1v) is 9.01. The number of rotatable bonds is 9. The van der Waals surface area contributed by atoms with Gasteiger partial charge in [0, 0.05) is 12.6 Å². The van der Waals surface area contributed by atoms with E-state index in [4.69, 9.17) is 4.74 Å². The van der Waals surface area contributed by atoms with Crippen molar-refractivity contribution in [1.29, 1.82) is 0 Å². The predicted molar refractivity (Wildman–Crippen MR) is 93.5 cm³/mol. The van der Waals surface area contributed by atoms with Crippen LogP contribution in [0.1, 0.15) is 52.0 Å². The lowest BCUT2D eigenvalue weighted by atomic mass is 10.1. The molecule has 1 N–H and O–H groups in total. The molecule has 0 spiro atoms. The molecule has 1 atom stereocenters. The Labute approximate surface area is 139 Å². The van der Waals surface area contributed by atoms with Crippen molar-refractivity contribution in [2.24, 2.45) is 0 Å². The molecule has 114 valence electrons. The topological polar surface area (TPSA) is 21.3 Å². The molecule has 0 bridgehead atoms. The van der Waals surface area contributed by atoms with Gasteiger partial charge in [0.2, 0.25) is 0 Å². The lowest BCUT2D eigenvalue weighted by molar-refractivity contribution is 0.336. The molecule has 0 radical (unpaired) electrons. The van der Waals surface area contributed by atoms with E-state index in [9.17, 15) is 0 Å². The van der Waals surface area contributed by atoms with E-state index in [1.807, 2.05) is 6.92 Å². The SMILES string of the molecule is CCCCCC(C)NCc1cc(Br)c(OCC)c(Br)c1. The minimum atomic E-state index is 0.561. The second-order valence-electron chi connectivity index (χ2n) is 5.10. The molecule has 2 nitrogen and oxygen atoms in total. The minimum Gasteiger partial charge on any atom is -0.492 e. The molecule has 0 aliphatic carbocycles. The fourth-order valence-electron chi connectivity index (χ4n) is 2.09. The maximum Gasteiger partial charge on any atom is 0.147 e. The summed E-state index contributed by atoms with van der Waals surface area (Å²) >= 11 is 7.15. The normalized spacial score (nSPS) is 12.4. The summed E-state index contributed by atoms with van der Waals surface area (Å²) in [5.74, 6) is 0.882. The fourth-order valence-corrected chi connectivity index (χ4v) is 3.60. The van der Waals surface area contributed by atoms with Crippen molar-refractivity contribution in [1.82, 2.24) is 5.32 Å². The summed E-state index contributed by atoms with van der Waals surface area (Å²) in [6.45, 7) is 8.05. The summed E-state index contributed by atoms with van der Waals surface area (Å²) in [5, 5.41) is 3.58. The van der Waals surface area contributed by atoms with E-state index in [1.54, 1.807) is 0 Å². The first-order chi connectivity index (χ1) is 9.58. The number of ether oxygens (including phenoxy) is 1. The maximum absolute atomic E-state index is 5.60. The molecule has 1 unspecified atom stereocenters. The Balaban J connectivity index is 2.52. The van der Waals surface area contributed by atoms with Crippen LogP contribution >= 0.6 is 31.9 Å². The van der Waals surface area contributed by atoms with Gasteiger partial charge in [-0.1, -0.05) is 26.2 Å². The number of benzene rings is 1. The van der Waals surface area contributed by atoms with Gasteiger partial charge in [-0.3, -0.25) is 0 Å². The highest BCUT2D eigenvalue weighted by Crippen LogP contribution is 2.34. The van der Waals surface area contributed by atoms with Crippen LogP contribution in [0, 0.1) is 0 Å². The lowest BCUT2D eigenvalue weighted by Gasteiger charge is -2.15. The molecule has 0 aliphatic heterocycles. The van der Waals surface area contributed by atoms with Gasteiger partial charge < -0.3 is 10.1 Å². The van der Waals surface area contributed by atoms with Crippen molar-refractivity contribution in [2.45, 2.75) is 59.0 Å². The predicted octanol–water partition coefficient (Wildman–Crippen LogP) is 5.67. The van der Waals surface area contributed by atoms with E-state index in [0.29, 0.717) is 12.6 Å². The number of hydrogen-bond acceptors (Lipinski definition) is 2. The van der Waals surface area contributed by atoms with Crippen molar-refractivity contribution < 1.29 is 4.74 Å². The van der Waals surface area contributed by atoms with Crippen LogP contribution in [0.3, 0.4) is 0 Å². The van der Waals surface area contributed by atoms with Crippen molar-refractivity contribution in [3.8, 4) is 5.75 Å². The van der Waals surface area contributed by atoms with E-state index in [-0.39, 0.29) is 0 Å². The third kappa shape index (κ3) is 6.15. The number of halogens is 2. The molecule has 1 rings (SSSR count). The van der Waals surface area contributed by atoms with Crippen LogP contribution in [0.5, 0.6) is 5.75 Å². The van der Waals surface area contributed by atoms with Crippen LogP contribution in [0.4, 0.5) is 0 Å². The Morgan fingerprint density at radius 3 is 2.35 bits per heavy atom. The summed E-state index contributed by atoms with van der Waals surface area (Å²) in [6.07, 6.45) is 5.16. The van der Waals surface area contributed by atoms with E-state index >= 15 is 0 Å². The van der Waals surface area contributed by atoms with Gasteiger partial charge in [-0.05, 0) is 69.8 Å². The average Bonchev–Trinajstić information content (AvgIpc) is 2.41. The van der Waals surface area contributed by atoms with E-state index in [1.165, 1.54) is 31.2 Å². The molecule has 1 aromatic carbocycles. The third-order valence-corrected chi connectivity index (χ3v) is 4.42. The summed E-state index contributed by atoms with van der Waals surface area (Å²) in [4.78, 5) is 0. The van der Waals surface area contributed by atoms with Crippen LogP contribution in [0.2, 0.25) is 0 Å². The zero-order chi connectivity index (χ0) is 15.0. The van der Waals surface area contributed by atoms with Crippen molar-refractivity contribution in [3.63, 3.8) is 0 Å². The van der Waals surface area contributed by atoms with Gasteiger partial charge in [-0.2, -0.15) is 0 Å². The molecule has 20 heavy (non-hydrogen) atoms. The molecular weight excluding hydrogens is 382 g/mol. The van der Waals surface area contributed by atoms with Gasteiger partial charge >= 0.3 is 0 Å². The number of unbranched alkanes of at least 4 members (excludes halogenated alkanes) is 2. The monoisotopic (exact) mass is 405 g/mol. The Morgan fingerprint density at radius 1 is 1.15 bits per heavy atom. The first kappa shape index (κ1) is 18.0. The Hall–Kier alpha value is -0.0600. The zero-order valence-electron chi connectivity index (χ0n) is 12.6. The van der Waals surface area contributed by atoms with Crippen LogP contribution < -0.4 is 10.1 Å². The summed E-state index contributed by atoms with van der Waals surface area (Å²) in [7, 11) is 0. The van der Waals surface area contributed by atoms with Crippen LogP contribution in [-0.2, 0) is 6.54 Å². The molecule has 0 saturated heterocycles. The van der Waals surface area contributed by atoms with Gasteiger partial charge in [0.15, 0.2) is 0 Å².